The largest absolute Gasteiger partial charge is 0.313 e. The normalized spacial score (nSPS) is 24.8. The van der Waals surface area contributed by atoms with Crippen molar-refractivity contribution in [2.75, 3.05) is 6.54 Å². The monoisotopic (exact) mass is 235 g/mol. The molecule has 0 aliphatic heterocycles. The SMILES string of the molecule is CCNC1CCCC1SCc1ccccc1. The van der Waals surface area contributed by atoms with Gasteiger partial charge in [0.2, 0.25) is 0 Å². The van der Waals surface area contributed by atoms with Crippen LogP contribution in [0.15, 0.2) is 30.3 Å². The maximum atomic E-state index is 3.61. The number of hydrogen-bond donors (Lipinski definition) is 1. The lowest BCUT2D eigenvalue weighted by Crippen LogP contribution is -2.33. The van der Waals surface area contributed by atoms with Gasteiger partial charge in [-0.25, -0.2) is 0 Å². The highest BCUT2D eigenvalue weighted by molar-refractivity contribution is 7.99. The highest BCUT2D eigenvalue weighted by atomic mass is 32.2. The van der Waals surface area contributed by atoms with Gasteiger partial charge in [0.05, 0.1) is 0 Å². The summed E-state index contributed by atoms with van der Waals surface area (Å²) < 4.78 is 0. The molecule has 2 rings (SSSR count). The van der Waals surface area contributed by atoms with Crippen LogP contribution in [0.2, 0.25) is 0 Å². The molecule has 0 saturated heterocycles. The van der Waals surface area contributed by atoms with Gasteiger partial charge in [-0.05, 0) is 24.9 Å². The second-order valence-electron chi connectivity index (χ2n) is 4.43. The summed E-state index contributed by atoms with van der Waals surface area (Å²) in [6.45, 7) is 3.31. The Balaban J connectivity index is 1.81. The number of nitrogens with one attached hydrogen (secondary N) is 1. The van der Waals surface area contributed by atoms with E-state index in [-0.39, 0.29) is 0 Å². The maximum absolute atomic E-state index is 3.61. The molecule has 88 valence electrons. The molecule has 0 spiro atoms. The van der Waals surface area contributed by atoms with Crippen LogP contribution in [0, 0.1) is 0 Å². The Kier molecular flexibility index (Phi) is 4.73. The van der Waals surface area contributed by atoms with E-state index >= 15 is 0 Å². The summed E-state index contributed by atoms with van der Waals surface area (Å²) in [7, 11) is 0. The first-order valence-corrected chi connectivity index (χ1v) is 7.34. The Bertz CT molecular complexity index is 299. The molecule has 1 saturated carbocycles. The van der Waals surface area contributed by atoms with E-state index < -0.39 is 0 Å². The van der Waals surface area contributed by atoms with Crippen molar-refractivity contribution in [2.24, 2.45) is 0 Å². The molecule has 1 fully saturated rings. The third-order valence-electron chi connectivity index (χ3n) is 3.23. The summed E-state index contributed by atoms with van der Waals surface area (Å²) in [6, 6.07) is 11.6. The third-order valence-corrected chi connectivity index (χ3v) is 4.72. The first-order valence-electron chi connectivity index (χ1n) is 6.29. The Morgan fingerprint density at radius 2 is 2.06 bits per heavy atom. The summed E-state index contributed by atoms with van der Waals surface area (Å²) in [4.78, 5) is 0. The van der Waals surface area contributed by atoms with Crippen molar-refractivity contribution in [2.45, 2.75) is 43.2 Å². The average Bonchev–Trinajstić information content (AvgIpc) is 2.76. The van der Waals surface area contributed by atoms with Gasteiger partial charge in [-0.1, -0.05) is 43.7 Å². The van der Waals surface area contributed by atoms with E-state index in [4.69, 9.17) is 0 Å². The zero-order chi connectivity index (χ0) is 11.2. The van der Waals surface area contributed by atoms with Crippen LogP contribution in [0.25, 0.3) is 0 Å². The van der Waals surface area contributed by atoms with E-state index in [1.165, 1.54) is 24.8 Å². The molecule has 0 aromatic heterocycles. The lowest BCUT2D eigenvalue weighted by Gasteiger charge is -2.19. The van der Waals surface area contributed by atoms with E-state index in [0.29, 0.717) is 0 Å². The maximum Gasteiger partial charge on any atom is 0.0204 e. The van der Waals surface area contributed by atoms with Crippen molar-refractivity contribution >= 4 is 11.8 Å². The van der Waals surface area contributed by atoms with Gasteiger partial charge in [0.1, 0.15) is 0 Å². The minimum Gasteiger partial charge on any atom is -0.313 e. The highest BCUT2D eigenvalue weighted by Crippen LogP contribution is 2.32. The van der Waals surface area contributed by atoms with Crippen LogP contribution in [0.3, 0.4) is 0 Å². The van der Waals surface area contributed by atoms with Crippen molar-refractivity contribution in [3.8, 4) is 0 Å². The molecule has 1 nitrogen and oxygen atoms in total. The van der Waals surface area contributed by atoms with Gasteiger partial charge >= 0.3 is 0 Å². The van der Waals surface area contributed by atoms with Crippen molar-refractivity contribution in [3.63, 3.8) is 0 Å². The first-order chi connectivity index (χ1) is 7.90. The predicted octanol–water partition coefficient (Wildman–Crippen LogP) is 3.45. The standard InChI is InChI=1S/C14H21NS/c1-2-15-13-9-6-10-14(13)16-11-12-7-4-3-5-8-12/h3-5,7-8,13-15H,2,6,9-11H2,1H3. The summed E-state index contributed by atoms with van der Waals surface area (Å²) >= 11 is 2.12. The fourth-order valence-electron chi connectivity index (χ4n) is 2.40. The van der Waals surface area contributed by atoms with Gasteiger partial charge in [0.25, 0.3) is 0 Å². The van der Waals surface area contributed by atoms with Gasteiger partial charge in [0.15, 0.2) is 0 Å². The van der Waals surface area contributed by atoms with E-state index in [1.807, 2.05) is 0 Å². The minimum absolute atomic E-state index is 0.749. The van der Waals surface area contributed by atoms with Crippen molar-refractivity contribution < 1.29 is 0 Å². The zero-order valence-electron chi connectivity index (χ0n) is 9.99. The van der Waals surface area contributed by atoms with E-state index in [1.54, 1.807) is 0 Å². The summed E-state index contributed by atoms with van der Waals surface area (Å²) in [5, 5.41) is 4.43. The van der Waals surface area contributed by atoms with Gasteiger partial charge in [-0.2, -0.15) is 11.8 Å². The molecule has 0 radical (unpaired) electrons. The molecule has 1 aromatic carbocycles. The Labute approximate surface area is 103 Å². The van der Waals surface area contributed by atoms with Crippen LogP contribution >= 0.6 is 11.8 Å². The van der Waals surface area contributed by atoms with Gasteiger partial charge in [-0.3, -0.25) is 0 Å². The van der Waals surface area contributed by atoms with Crippen molar-refractivity contribution in [1.82, 2.24) is 5.32 Å². The van der Waals surface area contributed by atoms with E-state index in [0.717, 1.165) is 23.6 Å². The molecule has 0 bridgehead atoms. The lowest BCUT2D eigenvalue weighted by atomic mass is 10.2. The Hall–Kier alpha value is -0.470. The van der Waals surface area contributed by atoms with Crippen molar-refractivity contribution in [3.05, 3.63) is 35.9 Å². The molecule has 1 aliphatic carbocycles. The van der Waals surface area contributed by atoms with Crippen LogP contribution in [0.5, 0.6) is 0 Å². The molecule has 2 atom stereocenters. The van der Waals surface area contributed by atoms with Crippen LogP contribution in [-0.4, -0.2) is 17.8 Å². The number of thioether (sulfide) groups is 1. The smallest absolute Gasteiger partial charge is 0.0204 e. The quantitative estimate of drug-likeness (QED) is 0.839. The lowest BCUT2D eigenvalue weighted by molar-refractivity contribution is 0.551. The molecule has 16 heavy (non-hydrogen) atoms. The first kappa shape index (κ1) is 12.0. The fourth-order valence-corrected chi connectivity index (χ4v) is 3.80. The van der Waals surface area contributed by atoms with Crippen LogP contribution in [-0.2, 0) is 5.75 Å². The summed E-state index contributed by atoms with van der Waals surface area (Å²) in [5.74, 6) is 1.16. The number of hydrogen-bond acceptors (Lipinski definition) is 2. The number of rotatable bonds is 5. The summed E-state index contributed by atoms with van der Waals surface area (Å²) in [6.07, 6.45) is 4.14. The molecule has 0 heterocycles. The zero-order valence-corrected chi connectivity index (χ0v) is 10.8. The summed E-state index contributed by atoms with van der Waals surface area (Å²) in [5.41, 5.74) is 1.45. The van der Waals surface area contributed by atoms with Crippen molar-refractivity contribution in [1.29, 1.82) is 0 Å². The molecule has 1 aliphatic rings. The molecular weight excluding hydrogens is 214 g/mol. The molecule has 1 aromatic rings. The van der Waals surface area contributed by atoms with Crippen LogP contribution < -0.4 is 5.32 Å². The Morgan fingerprint density at radius 1 is 1.25 bits per heavy atom. The second-order valence-corrected chi connectivity index (χ2v) is 5.66. The van der Waals surface area contributed by atoms with Crippen LogP contribution in [0.4, 0.5) is 0 Å². The third kappa shape index (κ3) is 3.26. The van der Waals surface area contributed by atoms with Gasteiger partial charge in [0, 0.05) is 17.0 Å². The molecule has 1 N–H and O–H groups in total. The highest BCUT2D eigenvalue weighted by Gasteiger charge is 2.26. The molecule has 2 unspecified atom stereocenters. The fraction of sp³-hybridized carbons (Fsp3) is 0.571. The van der Waals surface area contributed by atoms with Gasteiger partial charge < -0.3 is 5.32 Å². The van der Waals surface area contributed by atoms with Crippen LogP contribution in [0.1, 0.15) is 31.7 Å². The number of benzene rings is 1. The van der Waals surface area contributed by atoms with Gasteiger partial charge in [-0.15, -0.1) is 0 Å². The minimum atomic E-state index is 0.749. The average molecular weight is 235 g/mol. The Morgan fingerprint density at radius 3 is 2.81 bits per heavy atom. The topological polar surface area (TPSA) is 12.0 Å². The molecular formula is C14H21NS. The predicted molar refractivity (Wildman–Crippen MR) is 72.8 cm³/mol. The molecule has 0 amide bonds. The molecule has 2 heteroatoms. The van der Waals surface area contributed by atoms with E-state index in [9.17, 15) is 0 Å². The van der Waals surface area contributed by atoms with E-state index in [2.05, 4.69) is 54.3 Å². The second kappa shape index (κ2) is 6.31.